The summed E-state index contributed by atoms with van der Waals surface area (Å²) in [4.78, 5) is 6.66. The average molecular weight is 353 g/mol. The van der Waals surface area contributed by atoms with Crippen molar-refractivity contribution in [2.75, 3.05) is 13.6 Å². The predicted molar refractivity (Wildman–Crippen MR) is 114 cm³/mol. The first-order valence-corrected chi connectivity index (χ1v) is 9.52. The molecule has 0 radical (unpaired) electrons. The Labute approximate surface area is 159 Å². The van der Waals surface area contributed by atoms with Crippen molar-refractivity contribution in [3.8, 4) is 0 Å². The zero-order valence-electron chi connectivity index (χ0n) is 15.8. The molecule has 0 atom stereocenters. The summed E-state index contributed by atoms with van der Waals surface area (Å²) in [6.45, 7) is 4.31. The molecule has 1 aliphatic heterocycles. The first-order chi connectivity index (χ1) is 13.2. The summed E-state index contributed by atoms with van der Waals surface area (Å²) in [6.07, 6.45) is 9.37. The van der Waals surface area contributed by atoms with Crippen LogP contribution in [-0.2, 0) is 13.0 Å². The second-order valence-electron chi connectivity index (χ2n) is 7.56. The quantitative estimate of drug-likeness (QED) is 0.499. The van der Waals surface area contributed by atoms with Crippen LogP contribution in [0.25, 0.3) is 34.0 Å². The number of likely N-dealkylation sites (N-methyl/N-ethyl adjacent to an activating group) is 1. The van der Waals surface area contributed by atoms with Crippen molar-refractivity contribution in [1.29, 1.82) is 0 Å². The minimum atomic E-state index is 1.02. The number of rotatable bonds is 2. The van der Waals surface area contributed by atoms with Gasteiger partial charge >= 0.3 is 0 Å². The Morgan fingerprint density at radius 3 is 2.93 bits per heavy atom. The topological polar surface area (TPSA) is 21.1 Å². The fraction of sp³-hybridized carbons (Fsp3) is 0.208. The van der Waals surface area contributed by atoms with Gasteiger partial charge in [-0.3, -0.25) is 4.98 Å². The maximum atomic E-state index is 4.24. The molecule has 134 valence electrons. The van der Waals surface area contributed by atoms with Gasteiger partial charge in [0.05, 0.1) is 5.52 Å². The molecule has 0 spiro atoms. The second kappa shape index (κ2) is 6.36. The second-order valence-corrected chi connectivity index (χ2v) is 7.56. The van der Waals surface area contributed by atoms with Crippen molar-refractivity contribution in [1.82, 2.24) is 14.5 Å². The third kappa shape index (κ3) is 2.75. The third-order valence-corrected chi connectivity index (χ3v) is 5.65. The van der Waals surface area contributed by atoms with Gasteiger partial charge in [0.2, 0.25) is 0 Å². The normalized spacial score (nSPS) is 15.0. The smallest absolute Gasteiger partial charge is 0.0528 e. The van der Waals surface area contributed by atoms with Gasteiger partial charge in [-0.15, -0.1) is 0 Å². The highest BCUT2D eigenvalue weighted by molar-refractivity contribution is 5.93. The first-order valence-electron chi connectivity index (χ1n) is 9.52. The van der Waals surface area contributed by atoms with Crippen molar-refractivity contribution >= 4 is 34.0 Å². The molecule has 3 nitrogen and oxygen atoms in total. The Kier molecular flexibility index (Phi) is 3.83. The van der Waals surface area contributed by atoms with E-state index in [9.17, 15) is 0 Å². The minimum Gasteiger partial charge on any atom is -0.320 e. The van der Waals surface area contributed by atoms with E-state index >= 15 is 0 Å². The predicted octanol–water partition coefficient (Wildman–Crippen LogP) is 5.11. The Balaban J connectivity index is 1.68. The fourth-order valence-corrected chi connectivity index (χ4v) is 4.26. The lowest BCUT2D eigenvalue weighted by atomic mass is 10.0. The number of aromatic nitrogens is 2. The lowest BCUT2D eigenvalue weighted by molar-refractivity contribution is 0.312. The first kappa shape index (κ1) is 16.3. The zero-order valence-corrected chi connectivity index (χ0v) is 15.8. The van der Waals surface area contributed by atoms with E-state index in [1.165, 1.54) is 44.1 Å². The zero-order chi connectivity index (χ0) is 18.4. The van der Waals surface area contributed by atoms with Crippen LogP contribution < -0.4 is 0 Å². The maximum Gasteiger partial charge on any atom is 0.0528 e. The molecule has 3 heterocycles. The van der Waals surface area contributed by atoms with Crippen LogP contribution in [0.1, 0.15) is 22.4 Å². The van der Waals surface area contributed by atoms with E-state index in [2.05, 4.69) is 83.2 Å². The summed E-state index contributed by atoms with van der Waals surface area (Å²) >= 11 is 0. The van der Waals surface area contributed by atoms with Crippen molar-refractivity contribution < 1.29 is 0 Å². The molecule has 4 aromatic rings. The van der Waals surface area contributed by atoms with Crippen LogP contribution >= 0.6 is 0 Å². The summed E-state index contributed by atoms with van der Waals surface area (Å²) in [7, 11) is 2.21. The van der Waals surface area contributed by atoms with Crippen LogP contribution in [0.5, 0.6) is 0 Å². The molecule has 5 rings (SSSR count). The largest absolute Gasteiger partial charge is 0.320 e. The molecule has 1 aliphatic rings. The van der Waals surface area contributed by atoms with Gasteiger partial charge in [0.25, 0.3) is 0 Å². The van der Waals surface area contributed by atoms with E-state index in [0.29, 0.717) is 0 Å². The van der Waals surface area contributed by atoms with E-state index in [1.807, 2.05) is 12.4 Å². The van der Waals surface area contributed by atoms with E-state index in [1.54, 1.807) is 0 Å². The Morgan fingerprint density at radius 2 is 2.00 bits per heavy atom. The Bertz CT molecular complexity index is 1180. The molecular weight excluding hydrogens is 330 g/mol. The summed E-state index contributed by atoms with van der Waals surface area (Å²) in [5.74, 6) is 0. The molecule has 0 saturated heterocycles. The monoisotopic (exact) mass is 353 g/mol. The van der Waals surface area contributed by atoms with Crippen molar-refractivity contribution in [2.24, 2.45) is 0 Å². The minimum absolute atomic E-state index is 1.02. The molecule has 0 unspecified atom stereocenters. The molecule has 0 saturated carbocycles. The van der Waals surface area contributed by atoms with E-state index < -0.39 is 0 Å². The maximum absolute atomic E-state index is 4.24. The molecule has 2 aromatic heterocycles. The number of pyridine rings is 1. The third-order valence-electron chi connectivity index (χ3n) is 5.65. The van der Waals surface area contributed by atoms with Crippen molar-refractivity contribution in [3.63, 3.8) is 0 Å². The van der Waals surface area contributed by atoms with Crippen LogP contribution in [-0.4, -0.2) is 28.0 Å². The molecule has 0 N–H and O–H groups in total. The highest BCUT2D eigenvalue weighted by Gasteiger charge is 2.21. The van der Waals surface area contributed by atoms with Gasteiger partial charge in [0.15, 0.2) is 0 Å². The number of benzene rings is 2. The highest BCUT2D eigenvalue weighted by Crippen LogP contribution is 2.32. The van der Waals surface area contributed by atoms with Crippen LogP contribution in [0.15, 0.2) is 54.9 Å². The van der Waals surface area contributed by atoms with Gasteiger partial charge in [-0.1, -0.05) is 29.8 Å². The van der Waals surface area contributed by atoms with Crippen LogP contribution in [0.3, 0.4) is 0 Å². The molecule has 0 fully saturated rings. The lowest BCUT2D eigenvalue weighted by Crippen LogP contribution is -2.26. The molecule has 0 amide bonds. The molecule has 0 bridgehead atoms. The van der Waals surface area contributed by atoms with Gasteiger partial charge in [-0.2, -0.15) is 0 Å². The number of aryl methyl sites for hydroxylation is 1. The summed E-state index contributed by atoms with van der Waals surface area (Å²) in [6, 6.07) is 15.3. The van der Waals surface area contributed by atoms with Gasteiger partial charge in [-0.25, -0.2) is 0 Å². The summed E-state index contributed by atoms with van der Waals surface area (Å²) in [5, 5.41) is 3.81. The molecular formula is C24H23N3. The fourth-order valence-electron chi connectivity index (χ4n) is 4.26. The van der Waals surface area contributed by atoms with Gasteiger partial charge < -0.3 is 9.47 Å². The highest BCUT2D eigenvalue weighted by atomic mass is 15.1. The van der Waals surface area contributed by atoms with E-state index in [-0.39, 0.29) is 0 Å². The summed E-state index contributed by atoms with van der Waals surface area (Å²) < 4.78 is 2.40. The lowest BCUT2D eigenvalue weighted by Gasteiger charge is -2.23. The average Bonchev–Trinajstić information content (AvgIpc) is 2.98. The van der Waals surface area contributed by atoms with Crippen LogP contribution in [0, 0.1) is 6.92 Å². The number of nitrogens with zero attached hydrogens (tertiary/aromatic N) is 3. The van der Waals surface area contributed by atoms with Crippen LogP contribution in [0.4, 0.5) is 0 Å². The van der Waals surface area contributed by atoms with Crippen LogP contribution in [0.2, 0.25) is 0 Å². The summed E-state index contributed by atoms with van der Waals surface area (Å²) in [5.41, 5.74) is 6.78. The SMILES string of the molecule is Cc1ccc2c(c1)c1c(n2C=Cc2cccc3cnccc23)CCN(C)C1. The van der Waals surface area contributed by atoms with Gasteiger partial charge in [0.1, 0.15) is 0 Å². The van der Waals surface area contributed by atoms with Crippen molar-refractivity contribution in [2.45, 2.75) is 19.9 Å². The van der Waals surface area contributed by atoms with Crippen molar-refractivity contribution in [3.05, 3.63) is 77.2 Å². The molecule has 3 heteroatoms. The standard InChI is InChI=1S/C24H23N3/c1-17-6-7-23-21(14-17)22-16-26(2)12-10-24(22)27(23)13-9-18-4-3-5-19-15-25-11-8-20(18)19/h3-9,11,13-15H,10,12,16H2,1-2H3. The number of fused-ring (bicyclic) bond motifs is 4. The molecule has 27 heavy (non-hydrogen) atoms. The van der Waals surface area contributed by atoms with E-state index in [0.717, 1.165) is 19.5 Å². The van der Waals surface area contributed by atoms with Gasteiger partial charge in [0, 0.05) is 54.6 Å². The Hall–Kier alpha value is -2.91. The van der Waals surface area contributed by atoms with Gasteiger partial charge in [-0.05, 0) is 54.8 Å². The number of hydrogen-bond acceptors (Lipinski definition) is 2. The molecule has 0 aliphatic carbocycles. The number of hydrogen-bond donors (Lipinski definition) is 0. The Morgan fingerprint density at radius 1 is 1.07 bits per heavy atom. The van der Waals surface area contributed by atoms with E-state index in [4.69, 9.17) is 0 Å². The molecule has 2 aromatic carbocycles.